The van der Waals surface area contributed by atoms with Crippen molar-refractivity contribution in [3.63, 3.8) is 0 Å². The molecular formula is C25H21FIN3O4. The van der Waals surface area contributed by atoms with Crippen molar-refractivity contribution in [3.8, 4) is 17.6 Å². The minimum absolute atomic E-state index is 0.167. The molecule has 0 bridgehead atoms. The third-order valence-electron chi connectivity index (χ3n) is 4.44. The Kier molecular flexibility index (Phi) is 9.22. The van der Waals surface area contributed by atoms with E-state index in [1.54, 1.807) is 18.2 Å². The number of carbonyl (C=O) groups is 1. The van der Waals surface area contributed by atoms with E-state index in [1.807, 2.05) is 25.1 Å². The van der Waals surface area contributed by atoms with E-state index >= 15 is 0 Å². The summed E-state index contributed by atoms with van der Waals surface area (Å²) in [6.45, 7) is 2.16. The summed E-state index contributed by atoms with van der Waals surface area (Å²) in [5.41, 5.74) is 2.47. The van der Waals surface area contributed by atoms with E-state index in [4.69, 9.17) is 19.6 Å². The zero-order valence-electron chi connectivity index (χ0n) is 18.3. The fourth-order valence-electron chi connectivity index (χ4n) is 2.89. The van der Waals surface area contributed by atoms with Crippen LogP contribution in [0.15, 0.2) is 65.8 Å². The molecule has 0 saturated carbocycles. The number of nitriles is 1. The predicted octanol–water partition coefficient (Wildman–Crippen LogP) is 5.27. The van der Waals surface area contributed by atoms with Crippen LogP contribution in [0.5, 0.6) is 11.5 Å². The predicted molar refractivity (Wildman–Crippen MR) is 134 cm³/mol. The molecule has 7 nitrogen and oxygen atoms in total. The molecule has 0 spiro atoms. The van der Waals surface area contributed by atoms with Gasteiger partial charge in [0.15, 0.2) is 18.1 Å². The first-order valence-electron chi connectivity index (χ1n) is 10.3. The van der Waals surface area contributed by atoms with Crippen molar-refractivity contribution in [1.29, 1.82) is 5.26 Å². The third kappa shape index (κ3) is 7.18. The highest BCUT2D eigenvalue weighted by atomic mass is 127. The number of halogens is 2. The van der Waals surface area contributed by atoms with E-state index in [9.17, 15) is 9.18 Å². The van der Waals surface area contributed by atoms with Crippen LogP contribution in [0.1, 0.15) is 23.6 Å². The summed E-state index contributed by atoms with van der Waals surface area (Å²) in [4.78, 5) is 17.6. The van der Waals surface area contributed by atoms with Gasteiger partial charge in [0.05, 0.1) is 28.0 Å². The highest BCUT2D eigenvalue weighted by molar-refractivity contribution is 14.1. The third-order valence-corrected chi connectivity index (χ3v) is 5.24. The molecule has 0 heterocycles. The Hall–Kier alpha value is -3.65. The van der Waals surface area contributed by atoms with Crippen LogP contribution in [-0.2, 0) is 16.2 Å². The molecule has 34 heavy (non-hydrogen) atoms. The summed E-state index contributed by atoms with van der Waals surface area (Å²) < 4.78 is 25.1. The Morgan fingerprint density at radius 3 is 2.68 bits per heavy atom. The van der Waals surface area contributed by atoms with E-state index < -0.39 is 0 Å². The Morgan fingerprint density at radius 2 is 1.94 bits per heavy atom. The first-order valence-corrected chi connectivity index (χ1v) is 11.4. The van der Waals surface area contributed by atoms with Crippen molar-refractivity contribution in [2.24, 2.45) is 5.16 Å². The zero-order chi connectivity index (χ0) is 24.3. The summed E-state index contributed by atoms with van der Waals surface area (Å²) in [5, 5.41) is 15.8. The van der Waals surface area contributed by atoms with Gasteiger partial charge in [0, 0.05) is 16.8 Å². The minimum atomic E-state index is -0.387. The molecule has 0 aliphatic carbocycles. The summed E-state index contributed by atoms with van der Waals surface area (Å²) in [7, 11) is 0. The number of carbonyl (C=O) groups excluding carboxylic acids is 1. The first kappa shape index (κ1) is 25.0. The number of ether oxygens (including phenoxy) is 2. The van der Waals surface area contributed by atoms with Crippen LogP contribution in [0.3, 0.4) is 0 Å². The lowest BCUT2D eigenvalue weighted by molar-refractivity contribution is -0.118. The van der Waals surface area contributed by atoms with Crippen LogP contribution in [0.4, 0.5) is 10.1 Å². The largest absolute Gasteiger partial charge is 0.490 e. The average Bonchev–Trinajstić information content (AvgIpc) is 2.83. The van der Waals surface area contributed by atoms with Crippen molar-refractivity contribution in [2.75, 3.05) is 18.5 Å². The molecule has 0 aliphatic rings. The topological polar surface area (TPSA) is 92.9 Å². The van der Waals surface area contributed by atoms with Gasteiger partial charge < -0.3 is 19.6 Å². The molecule has 3 aromatic carbocycles. The van der Waals surface area contributed by atoms with Gasteiger partial charge in [-0.25, -0.2) is 4.39 Å². The van der Waals surface area contributed by atoms with Gasteiger partial charge >= 0.3 is 0 Å². The van der Waals surface area contributed by atoms with Gasteiger partial charge in [-0.3, -0.25) is 4.79 Å². The van der Waals surface area contributed by atoms with Gasteiger partial charge in [-0.15, -0.1) is 0 Å². The van der Waals surface area contributed by atoms with Crippen molar-refractivity contribution < 1.29 is 23.5 Å². The van der Waals surface area contributed by atoms with E-state index in [2.05, 4.69) is 39.1 Å². The van der Waals surface area contributed by atoms with E-state index in [0.717, 1.165) is 9.13 Å². The lowest BCUT2D eigenvalue weighted by Crippen LogP contribution is -2.20. The maximum absolute atomic E-state index is 13.0. The number of nitrogens with one attached hydrogen (secondary N) is 1. The van der Waals surface area contributed by atoms with E-state index in [1.165, 1.54) is 30.5 Å². The van der Waals surface area contributed by atoms with E-state index in [0.29, 0.717) is 34.9 Å². The van der Waals surface area contributed by atoms with Crippen LogP contribution in [0.25, 0.3) is 0 Å². The summed E-state index contributed by atoms with van der Waals surface area (Å²) in [6, 6.07) is 18.3. The second kappa shape index (κ2) is 12.6. The second-order valence-electron chi connectivity index (χ2n) is 6.88. The fraction of sp³-hybridized carbons (Fsp3) is 0.160. The number of rotatable bonds is 10. The molecule has 9 heteroatoms. The van der Waals surface area contributed by atoms with Gasteiger partial charge in [-0.2, -0.15) is 5.26 Å². The highest BCUT2D eigenvalue weighted by Gasteiger charge is 2.14. The zero-order valence-corrected chi connectivity index (χ0v) is 20.4. The molecule has 0 aromatic heterocycles. The quantitative estimate of drug-likeness (QED) is 0.203. The van der Waals surface area contributed by atoms with Gasteiger partial charge in [-0.1, -0.05) is 23.4 Å². The fourth-order valence-corrected chi connectivity index (χ4v) is 3.67. The molecule has 3 aromatic rings. The van der Waals surface area contributed by atoms with Gasteiger partial charge in [0.1, 0.15) is 12.4 Å². The van der Waals surface area contributed by atoms with Crippen molar-refractivity contribution in [2.45, 2.75) is 13.5 Å². The second-order valence-corrected chi connectivity index (χ2v) is 8.05. The lowest BCUT2D eigenvalue weighted by Gasteiger charge is -2.14. The molecule has 174 valence electrons. The van der Waals surface area contributed by atoms with Crippen molar-refractivity contribution in [1.82, 2.24) is 0 Å². The van der Waals surface area contributed by atoms with Gasteiger partial charge in [-0.05, 0) is 72.0 Å². The van der Waals surface area contributed by atoms with Crippen LogP contribution >= 0.6 is 22.6 Å². The molecule has 1 amide bonds. The number of anilines is 1. The van der Waals surface area contributed by atoms with Crippen LogP contribution < -0.4 is 14.8 Å². The molecule has 0 unspecified atom stereocenters. The Balaban J connectivity index is 1.63. The number of nitrogens with zero attached hydrogens (tertiary/aromatic N) is 2. The summed E-state index contributed by atoms with van der Waals surface area (Å²) in [5.74, 6) is 0.116. The van der Waals surface area contributed by atoms with Crippen molar-refractivity contribution >= 4 is 40.4 Å². The number of benzene rings is 3. The highest BCUT2D eigenvalue weighted by Crippen LogP contribution is 2.34. The molecule has 0 atom stereocenters. The van der Waals surface area contributed by atoms with E-state index in [-0.39, 0.29) is 24.9 Å². The van der Waals surface area contributed by atoms with Crippen LogP contribution in [0.2, 0.25) is 0 Å². The summed E-state index contributed by atoms with van der Waals surface area (Å²) >= 11 is 2.09. The van der Waals surface area contributed by atoms with Crippen LogP contribution in [0, 0.1) is 20.7 Å². The maximum atomic E-state index is 13.0. The first-order chi connectivity index (χ1) is 16.5. The lowest BCUT2D eigenvalue weighted by atomic mass is 10.1. The Bertz CT molecular complexity index is 1210. The molecule has 0 aliphatic heterocycles. The Morgan fingerprint density at radius 1 is 1.18 bits per heavy atom. The number of oxime groups is 1. The smallest absolute Gasteiger partial charge is 0.262 e. The summed E-state index contributed by atoms with van der Waals surface area (Å²) in [6.07, 6.45) is 1.53. The number of hydrogen-bond donors (Lipinski definition) is 1. The molecule has 0 saturated heterocycles. The normalized spacial score (nSPS) is 10.5. The van der Waals surface area contributed by atoms with Gasteiger partial charge in [0.25, 0.3) is 5.91 Å². The monoisotopic (exact) mass is 573 g/mol. The minimum Gasteiger partial charge on any atom is -0.490 e. The SMILES string of the molecule is CCOc1cc(/C=N\OCc2ccccc2C#N)cc(I)c1OCC(=O)Nc1ccc(F)cc1. The Labute approximate surface area is 210 Å². The van der Waals surface area contributed by atoms with Crippen molar-refractivity contribution in [3.05, 3.63) is 86.7 Å². The molecule has 0 fully saturated rings. The maximum Gasteiger partial charge on any atom is 0.262 e. The number of amides is 1. The average molecular weight is 573 g/mol. The molecule has 0 radical (unpaired) electrons. The standard InChI is InChI=1S/C25H21FIN3O4/c1-2-32-23-12-17(14-29-34-15-19-6-4-3-5-18(19)13-28)11-22(27)25(23)33-16-24(31)30-21-9-7-20(26)8-10-21/h3-12,14H,2,15-16H2,1H3,(H,30,31)/b29-14-. The number of hydrogen-bond acceptors (Lipinski definition) is 6. The van der Waals surface area contributed by atoms with Crippen LogP contribution in [-0.4, -0.2) is 25.3 Å². The molecular weight excluding hydrogens is 552 g/mol. The molecule has 1 N–H and O–H groups in total. The molecule has 3 rings (SSSR count). The van der Waals surface area contributed by atoms with Gasteiger partial charge in [0.2, 0.25) is 0 Å².